The van der Waals surface area contributed by atoms with Crippen molar-refractivity contribution in [1.82, 2.24) is 10.2 Å². The van der Waals surface area contributed by atoms with Crippen LogP contribution < -0.4 is 10.5 Å². The number of nitrogens with one attached hydrogen (secondary N) is 1. The molecule has 1 aromatic heterocycles. The Kier molecular flexibility index (Phi) is 2.94. The van der Waals surface area contributed by atoms with E-state index in [1.165, 1.54) is 7.11 Å². The molecule has 0 aliphatic carbocycles. The summed E-state index contributed by atoms with van der Waals surface area (Å²) in [6.45, 7) is 0. The van der Waals surface area contributed by atoms with Gasteiger partial charge < -0.3 is 10.5 Å². The first kappa shape index (κ1) is 11.1. The highest BCUT2D eigenvalue weighted by molar-refractivity contribution is 6.37. The molecule has 0 bridgehead atoms. The van der Waals surface area contributed by atoms with Crippen LogP contribution in [0.15, 0.2) is 18.3 Å². The third-order valence-corrected chi connectivity index (χ3v) is 2.79. The lowest BCUT2D eigenvalue weighted by molar-refractivity contribution is 0.415. The fourth-order valence-corrected chi connectivity index (χ4v) is 1.92. The molecule has 84 valence electrons. The minimum absolute atomic E-state index is 0.436. The topological polar surface area (TPSA) is 63.9 Å². The maximum atomic E-state index is 6.16. The number of aromatic amines is 1. The van der Waals surface area contributed by atoms with Gasteiger partial charge in [0.2, 0.25) is 0 Å². The fraction of sp³-hybridized carbons (Fsp3) is 0.100. The van der Waals surface area contributed by atoms with Gasteiger partial charge in [0.15, 0.2) is 0 Å². The van der Waals surface area contributed by atoms with Crippen molar-refractivity contribution < 1.29 is 4.74 Å². The van der Waals surface area contributed by atoms with E-state index >= 15 is 0 Å². The van der Waals surface area contributed by atoms with Crippen molar-refractivity contribution in [2.75, 3.05) is 12.8 Å². The largest absolute Gasteiger partial charge is 0.495 e. The van der Waals surface area contributed by atoms with Crippen molar-refractivity contribution in [2.45, 2.75) is 0 Å². The van der Waals surface area contributed by atoms with Crippen molar-refractivity contribution >= 4 is 29.0 Å². The Morgan fingerprint density at radius 1 is 1.31 bits per heavy atom. The third-order valence-electron chi connectivity index (χ3n) is 2.18. The molecule has 0 spiro atoms. The number of anilines is 1. The second kappa shape index (κ2) is 4.23. The van der Waals surface area contributed by atoms with Gasteiger partial charge in [-0.25, -0.2) is 0 Å². The summed E-state index contributed by atoms with van der Waals surface area (Å²) < 4.78 is 5.12. The molecule has 0 fully saturated rings. The lowest BCUT2D eigenvalue weighted by Gasteiger charge is -2.08. The zero-order valence-electron chi connectivity index (χ0n) is 8.42. The molecule has 3 N–H and O–H groups in total. The number of ether oxygens (including phenoxy) is 1. The zero-order chi connectivity index (χ0) is 11.7. The van der Waals surface area contributed by atoms with E-state index in [0.29, 0.717) is 32.7 Å². The summed E-state index contributed by atoms with van der Waals surface area (Å²) >= 11 is 12.1. The van der Waals surface area contributed by atoms with Crippen LogP contribution in [0.3, 0.4) is 0 Å². The van der Waals surface area contributed by atoms with Crippen LogP contribution in [0.2, 0.25) is 10.0 Å². The minimum Gasteiger partial charge on any atom is -0.495 e. The van der Waals surface area contributed by atoms with E-state index in [1.807, 2.05) is 0 Å². The quantitative estimate of drug-likeness (QED) is 0.870. The SMILES string of the molecule is COc1cc(Cl)cc(-c2cn[nH]c2N)c1Cl. The molecule has 1 aromatic carbocycles. The van der Waals surface area contributed by atoms with E-state index in [9.17, 15) is 0 Å². The Balaban J connectivity index is 2.65. The molecule has 0 aliphatic heterocycles. The highest BCUT2D eigenvalue weighted by Gasteiger charge is 2.14. The van der Waals surface area contributed by atoms with Crippen molar-refractivity contribution in [3.8, 4) is 16.9 Å². The third kappa shape index (κ3) is 1.81. The van der Waals surface area contributed by atoms with E-state index in [0.717, 1.165) is 0 Å². The molecule has 0 amide bonds. The molecule has 0 saturated carbocycles. The van der Waals surface area contributed by atoms with E-state index in [2.05, 4.69) is 10.2 Å². The van der Waals surface area contributed by atoms with E-state index in [-0.39, 0.29) is 0 Å². The van der Waals surface area contributed by atoms with Crippen LogP contribution >= 0.6 is 23.2 Å². The summed E-state index contributed by atoms with van der Waals surface area (Å²) in [6.07, 6.45) is 1.59. The lowest BCUT2D eigenvalue weighted by Crippen LogP contribution is -1.91. The standard InChI is InChI=1S/C10H9Cl2N3O/c1-16-8-3-5(11)2-6(9(8)12)7-4-14-15-10(7)13/h2-4H,1H3,(H3,13,14,15). The number of aromatic nitrogens is 2. The Bertz CT molecular complexity index is 525. The summed E-state index contributed by atoms with van der Waals surface area (Å²) in [5, 5.41) is 7.45. The molecule has 2 aromatic rings. The maximum absolute atomic E-state index is 6.16. The zero-order valence-corrected chi connectivity index (χ0v) is 9.93. The number of H-pyrrole nitrogens is 1. The summed E-state index contributed by atoms with van der Waals surface area (Å²) in [4.78, 5) is 0. The van der Waals surface area contributed by atoms with Gasteiger partial charge in [0.1, 0.15) is 11.6 Å². The molecule has 0 saturated heterocycles. The molecule has 1 heterocycles. The van der Waals surface area contributed by atoms with Crippen LogP contribution in [-0.2, 0) is 0 Å². The van der Waals surface area contributed by atoms with Crippen LogP contribution in [0.1, 0.15) is 0 Å². The van der Waals surface area contributed by atoms with Crippen LogP contribution in [0.25, 0.3) is 11.1 Å². The van der Waals surface area contributed by atoms with Gasteiger partial charge >= 0.3 is 0 Å². The maximum Gasteiger partial charge on any atom is 0.139 e. The Labute approximate surface area is 102 Å². The first-order valence-corrected chi connectivity index (χ1v) is 5.21. The number of nitrogen functional groups attached to an aromatic ring is 1. The van der Waals surface area contributed by atoms with Gasteiger partial charge in [0.25, 0.3) is 0 Å². The number of hydrogen-bond donors (Lipinski definition) is 2. The highest BCUT2D eigenvalue weighted by atomic mass is 35.5. The first-order chi connectivity index (χ1) is 7.63. The summed E-state index contributed by atoms with van der Waals surface area (Å²) in [7, 11) is 1.53. The molecular weight excluding hydrogens is 249 g/mol. The van der Waals surface area contributed by atoms with E-state index in [1.54, 1.807) is 18.3 Å². The van der Waals surface area contributed by atoms with Gasteiger partial charge in [-0.15, -0.1) is 0 Å². The highest BCUT2D eigenvalue weighted by Crippen LogP contribution is 2.39. The molecule has 0 radical (unpaired) electrons. The predicted molar refractivity (Wildman–Crippen MR) is 65.0 cm³/mol. The second-order valence-electron chi connectivity index (χ2n) is 3.17. The van der Waals surface area contributed by atoms with E-state index in [4.69, 9.17) is 33.7 Å². The fourth-order valence-electron chi connectivity index (χ4n) is 1.42. The number of benzene rings is 1. The average molecular weight is 258 g/mol. The predicted octanol–water partition coefficient (Wildman–Crippen LogP) is 2.97. The smallest absolute Gasteiger partial charge is 0.139 e. The van der Waals surface area contributed by atoms with Crippen LogP contribution in [0, 0.1) is 0 Å². The molecule has 6 heteroatoms. The average Bonchev–Trinajstić information content (AvgIpc) is 2.67. The first-order valence-electron chi connectivity index (χ1n) is 4.45. The molecule has 16 heavy (non-hydrogen) atoms. The van der Waals surface area contributed by atoms with Gasteiger partial charge in [-0.1, -0.05) is 23.2 Å². The summed E-state index contributed by atoms with van der Waals surface area (Å²) in [5.74, 6) is 0.941. The van der Waals surface area contributed by atoms with E-state index < -0.39 is 0 Å². The minimum atomic E-state index is 0.436. The van der Waals surface area contributed by atoms with Crippen molar-refractivity contribution in [1.29, 1.82) is 0 Å². The number of rotatable bonds is 2. The van der Waals surface area contributed by atoms with Crippen molar-refractivity contribution in [3.05, 3.63) is 28.4 Å². The van der Waals surface area contributed by atoms with Crippen LogP contribution in [-0.4, -0.2) is 17.3 Å². The Hall–Kier alpha value is -1.39. The van der Waals surface area contributed by atoms with Gasteiger partial charge in [-0.2, -0.15) is 5.10 Å². The number of nitrogens with zero attached hydrogens (tertiary/aromatic N) is 1. The van der Waals surface area contributed by atoms with Gasteiger partial charge in [0.05, 0.1) is 18.3 Å². The lowest BCUT2D eigenvalue weighted by atomic mass is 10.1. The van der Waals surface area contributed by atoms with Crippen molar-refractivity contribution in [3.63, 3.8) is 0 Å². The molecular formula is C10H9Cl2N3O. The number of methoxy groups -OCH3 is 1. The monoisotopic (exact) mass is 257 g/mol. The molecule has 2 rings (SSSR count). The van der Waals surface area contributed by atoms with Crippen LogP contribution in [0.4, 0.5) is 5.82 Å². The number of nitrogens with two attached hydrogens (primary N) is 1. The Morgan fingerprint density at radius 2 is 2.06 bits per heavy atom. The Morgan fingerprint density at radius 3 is 2.62 bits per heavy atom. The number of hydrogen-bond acceptors (Lipinski definition) is 3. The molecule has 0 atom stereocenters. The summed E-state index contributed by atoms with van der Waals surface area (Å²) in [6, 6.07) is 3.36. The molecule has 0 aliphatic rings. The number of halogens is 2. The van der Waals surface area contributed by atoms with Crippen molar-refractivity contribution in [2.24, 2.45) is 0 Å². The molecule has 4 nitrogen and oxygen atoms in total. The van der Waals surface area contributed by atoms with Gasteiger partial charge in [-0.3, -0.25) is 5.10 Å². The van der Waals surface area contributed by atoms with Crippen LogP contribution in [0.5, 0.6) is 5.75 Å². The second-order valence-corrected chi connectivity index (χ2v) is 3.98. The van der Waals surface area contributed by atoms with Gasteiger partial charge in [-0.05, 0) is 6.07 Å². The molecule has 0 unspecified atom stereocenters. The summed E-state index contributed by atoms with van der Waals surface area (Å²) in [5.41, 5.74) is 7.11. The van der Waals surface area contributed by atoms with Gasteiger partial charge in [0, 0.05) is 22.2 Å². The normalized spacial score (nSPS) is 10.4.